The van der Waals surface area contributed by atoms with Crippen molar-refractivity contribution < 1.29 is 14.4 Å². The molecule has 1 N–H and O–H groups in total. The third-order valence-electron chi connectivity index (χ3n) is 3.23. The van der Waals surface area contributed by atoms with Crippen LogP contribution in [0.4, 0.5) is 0 Å². The van der Waals surface area contributed by atoms with Gasteiger partial charge in [-0.3, -0.25) is 9.69 Å². The summed E-state index contributed by atoms with van der Waals surface area (Å²) in [5.41, 5.74) is 1.97. The van der Waals surface area contributed by atoms with Gasteiger partial charge in [0.25, 0.3) is 0 Å². The highest BCUT2D eigenvalue weighted by atomic mass is 16.5. The number of carboxylic acids is 1. The van der Waals surface area contributed by atoms with E-state index in [1.54, 1.807) is 0 Å². The van der Waals surface area contributed by atoms with E-state index in [2.05, 4.69) is 23.9 Å². The minimum atomic E-state index is -0.756. The van der Waals surface area contributed by atoms with Crippen molar-refractivity contribution in [2.75, 3.05) is 13.1 Å². The first kappa shape index (κ1) is 15.7. The molecule has 0 radical (unpaired) electrons. The van der Waals surface area contributed by atoms with E-state index >= 15 is 0 Å². The summed E-state index contributed by atoms with van der Waals surface area (Å²) >= 11 is 0. The lowest BCUT2D eigenvalue weighted by Gasteiger charge is -2.22. The molecular weight excluding hydrogens is 244 g/mol. The van der Waals surface area contributed by atoms with Gasteiger partial charge >= 0.3 is 5.97 Å². The number of nitrogens with zero attached hydrogens (tertiary/aromatic N) is 2. The van der Waals surface area contributed by atoms with E-state index < -0.39 is 5.97 Å². The van der Waals surface area contributed by atoms with E-state index in [1.165, 1.54) is 0 Å². The third kappa shape index (κ3) is 5.42. The summed E-state index contributed by atoms with van der Waals surface area (Å²) in [6.07, 6.45) is 1.23. The van der Waals surface area contributed by atoms with Crippen LogP contribution in [0.3, 0.4) is 0 Å². The zero-order chi connectivity index (χ0) is 14.4. The van der Waals surface area contributed by atoms with Gasteiger partial charge in [0.2, 0.25) is 0 Å². The van der Waals surface area contributed by atoms with Crippen molar-refractivity contribution in [1.82, 2.24) is 10.1 Å². The molecule has 108 valence electrons. The van der Waals surface area contributed by atoms with E-state index in [1.807, 2.05) is 13.8 Å². The van der Waals surface area contributed by atoms with Crippen LogP contribution in [0, 0.1) is 19.8 Å². The van der Waals surface area contributed by atoms with Crippen molar-refractivity contribution in [3.05, 3.63) is 17.0 Å². The fraction of sp³-hybridized carbons (Fsp3) is 0.714. The highest BCUT2D eigenvalue weighted by molar-refractivity contribution is 5.66. The van der Waals surface area contributed by atoms with Crippen LogP contribution >= 0.6 is 0 Å². The maximum atomic E-state index is 10.7. The average molecular weight is 268 g/mol. The summed E-state index contributed by atoms with van der Waals surface area (Å²) in [6, 6.07) is 0. The van der Waals surface area contributed by atoms with E-state index in [0.717, 1.165) is 30.0 Å². The Kier molecular flexibility index (Phi) is 6.02. The zero-order valence-electron chi connectivity index (χ0n) is 12.3. The summed E-state index contributed by atoms with van der Waals surface area (Å²) < 4.78 is 5.15. The van der Waals surface area contributed by atoms with Crippen molar-refractivity contribution in [2.45, 2.75) is 47.1 Å². The Bertz CT molecular complexity index is 393. The predicted molar refractivity (Wildman–Crippen MR) is 73.0 cm³/mol. The standard InChI is InChI=1S/C14H24N2O3/c1-10(2)5-7-16(8-6-14(17)18)9-13-11(3)15-19-12(13)4/h10H,5-9H2,1-4H3,(H,17,18). The molecule has 0 bridgehead atoms. The van der Waals surface area contributed by atoms with E-state index in [0.29, 0.717) is 19.0 Å². The first-order chi connectivity index (χ1) is 8.90. The van der Waals surface area contributed by atoms with Crippen LogP contribution in [0.5, 0.6) is 0 Å². The van der Waals surface area contributed by atoms with Crippen molar-refractivity contribution in [2.24, 2.45) is 5.92 Å². The molecule has 0 aromatic carbocycles. The maximum Gasteiger partial charge on any atom is 0.304 e. The SMILES string of the molecule is Cc1noc(C)c1CN(CCC(=O)O)CCC(C)C. The summed E-state index contributed by atoms with van der Waals surface area (Å²) in [5.74, 6) is 0.674. The largest absolute Gasteiger partial charge is 0.481 e. The Labute approximate surface area is 114 Å². The number of aromatic nitrogens is 1. The number of aryl methyl sites for hydroxylation is 2. The Morgan fingerprint density at radius 2 is 2.05 bits per heavy atom. The number of carbonyl (C=O) groups is 1. The molecule has 0 spiro atoms. The quantitative estimate of drug-likeness (QED) is 0.785. The smallest absolute Gasteiger partial charge is 0.304 e. The summed E-state index contributed by atoms with van der Waals surface area (Å²) in [5, 5.41) is 12.8. The highest BCUT2D eigenvalue weighted by Crippen LogP contribution is 2.16. The molecule has 0 unspecified atom stereocenters. The molecule has 0 atom stereocenters. The number of carboxylic acid groups (broad SMARTS) is 1. The molecular formula is C14H24N2O3. The first-order valence-electron chi connectivity index (χ1n) is 6.76. The second kappa shape index (κ2) is 7.28. The molecule has 1 rings (SSSR count). The number of rotatable bonds is 8. The highest BCUT2D eigenvalue weighted by Gasteiger charge is 2.15. The fourth-order valence-corrected chi connectivity index (χ4v) is 1.92. The minimum absolute atomic E-state index is 0.168. The zero-order valence-corrected chi connectivity index (χ0v) is 12.3. The van der Waals surface area contributed by atoms with Gasteiger partial charge in [-0.15, -0.1) is 0 Å². The van der Waals surface area contributed by atoms with E-state index in [4.69, 9.17) is 9.63 Å². The molecule has 0 aliphatic carbocycles. The predicted octanol–water partition coefficient (Wildman–Crippen LogP) is 2.61. The van der Waals surface area contributed by atoms with Crippen LogP contribution in [0.2, 0.25) is 0 Å². The molecule has 5 heteroatoms. The van der Waals surface area contributed by atoms with Crippen LogP contribution in [-0.2, 0) is 11.3 Å². The minimum Gasteiger partial charge on any atom is -0.481 e. The van der Waals surface area contributed by atoms with Gasteiger partial charge < -0.3 is 9.63 Å². The molecule has 0 aliphatic heterocycles. The lowest BCUT2D eigenvalue weighted by atomic mass is 10.1. The Balaban J connectivity index is 2.64. The van der Waals surface area contributed by atoms with Gasteiger partial charge in [-0.25, -0.2) is 0 Å². The van der Waals surface area contributed by atoms with Gasteiger partial charge in [0.1, 0.15) is 5.76 Å². The number of hydrogen-bond donors (Lipinski definition) is 1. The maximum absolute atomic E-state index is 10.7. The van der Waals surface area contributed by atoms with Gasteiger partial charge in [0.05, 0.1) is 12.1 Å². The van der Waals surface area contributed by atoms with Gasteiger partial charge in [-0.2, -0.15) is 0 Å². The van der Waals surface area contributed by atoms with Crippen LogP contribution in [0.1, 0.15) is 43.7 Å². The van der Waals surface area contributed by atoms with Gasteiger partial charge in [-0.05, 0) is 32.7 Å². The van der Waals surface area contributed by atoms with Crippen molar-refractivity contribution >= 4 is 5.97 Å². The molecule has 1 aromatic heterocycles. The van der Waals surface area contributed by atoms with Gasteiger partial charge in [-0.1, -0.05) is 19.0 Å². The van der Waals surface area contributed by atoms with E-state index in [9.17, 15) is 4.79 Å². The third-order valence-corrected chi connectivity index (χ3v) is 3.23. The second-order valence-electron chi connectivity index (χ2n) is 5.41. The normalized spacial score (nSPS) is 11.5. The fourth-order valence-electron chi connectivity index (χ4n) is 1.92. The van der Waals surface area contributed by atoms with Crippen LogP contribution in [-0.4, -0.2) is 34.2 Å². The Hall–Kier alpha value is -1.36. The topological polar surface area (TPSA) is 66.6 Å². The van der Waals surface area contributed by atoms with Crippen LogP contribution in [0.15, 0.2) is 4.52 Å². The molecule has 0 aliphatic rings. The molecule has 5 nitrogen and oxygen atoms in total. The van der Waals surface area contributed by atoms with Crippen molar-refractivity contribution in [1.29, 1.82) is 0 Å². The summed E-state index contributed by atoms with van der Waals surface area (Å²) in [4.78, 5) is 12.9. The molecule has 1 heterocycles. The Morgan fingerprint density at radius 3 is 2.53 bits per heavy atom. The molecule has 19 heavy (non-hydrogen) atoms. The van der Waals surface area contributed by atoms with Crippen LogP contribution in [0.25, 0.3) is 0 Å². The van der Waals surface area contributed by atoms with Crippen LogP contribution < -0.4 is 0 Å². The van der Waals surface area contributed by atoms with E-state index in [-0.39, 0.29) is 6.42 Å². The monoisotopic (exact) mass is 268 g/mol. The lowest BCUT2D eigenvalue weighted by Crippen LogP contribution is -2.28. The first-order valence-corrected chi connectivity index (χ1v) is 6.76. The lowest BCUT2D eigenvalue weighted by molar-refractivity contribution is -0.137. The molecule has 0 fully saturated rings. The Morgan fingerprint density at radius 1 is 1.37 bits per heavy atom. The second-order valence-corrected chi connectivity index (χ2v) is 5.41. The summed E-state index contributed by atoms with van der Waals surface area (Å²) in [7, 11) is 0. The average Bonchev–Trinajstić information content (AvgIpc) is 2.63. The van der Waals surface area contributed by atoms with Gasteiger partial charge in [0.15, 0.2) is 0 Å². The number of hydrogen-bond acceptors (Lipinski definition) is 4. The molecule has 0 saturated carbocycles. The molecule has 1 aromatic rings. The molecule has 0 amide bonds. The molecule has 0 saturated heterocycles. The van der Waals surface area contributed by atoms with Crippen molar-refractivity contribution in [3.63, 3.8) is 0 Å². The van der Waals surface area contributed by atoms with Crippen molar-refractivity contribution in [3.8, 4) is 0 Å². The van der Waals surface area contributed by atoms with Gasteiger partial charge in [0, 0.05) is 18.7 Å². The summed E-state index contributed by atoms with van der Waals surface area (Å²) in [6.45, 7) is 10.3. The number of aliphatic carboxylic acids is 1.